The fourth-order valence-corrected chi connectivity index (χ4v) is 3.88. The number of Topliss-reactive ketones (excluding diaryl/α,β-unsaturated/α-hetero) is 1. The predicted molar refractivity (Wildman–Crippen MR) is 111 cm³/mol. The summed E-state index contributed by atoms with van der Waals surface area (Å²) in [7, 11) is 1.52. The highest BCUT2D eigenvalue weighted by molar-refractivity contribution is 5.95. The largest absolute Gasteiger partial charge is 0.469 e. The summed E-state index contributed by atoms with van der Waals surface area (Å²) in [6.07, 6.45) is 7.56. The van der Waals surface area contributed by atoms with Gasteiger partial charge in [-0.15, -0.1) is 0 Å². The van der Waals surface area contributed by atoms with Crippen molar-refractivity contribution in [2.24, 2.45) is 16.6 Å². The highest BCUT2D eigenvalue weighted by atomic mass is 16.5. The minimum atomic E-state index is -0.0826. The summed E-state index contributed by atoms with van der Waals surface area (Å²) in [5.41, 5.74) is 8.64. The van der Waals surface area contributed by atoms with Gasteiger partial charge < -0.3 is 10.5 Å². The Morgan fingerprint density at radius 3 is 2.76 bits per heavy atom. The number of hydrogen-bond donors (Lipinski definition) is 1. The van der Waals surface area contributed by atoms with Gasteiger partial charge in [-0.1, -0.05) is 43.5 Å². The Morgan fingerprint density at radius 1 is 1.31 bits per heavy atom. The van der Waals surface area contributed by atoms with Crippen LogP contribution >= 0.6 is 0 Å². The molecule has 1 aliphatic rings. The maximum Gasteiger partial charge on any atom is 0.282 e. The number of nitrogens with zero attached hydrogens (tertiary/aromatic N) is 3. The van der Waals surface area contributed by atoms with Gasteiger partial charge in [-0.2, -0.15) is 5.26 Å². The number of aliphatic imine (C=N–C) groups is 1. The molecule has 1 unspecified atom stereocenters. The Hall–Kier alpha value is -3.20. The molecule has 0 aliphatic heterocycles. The SMILES string of the molecule is COC(N)=NC(c1cccc(CC(=O)c2ccc(C#N)cn2)c1)C1CCCCC1. The molecule has 1 saturated carbocycles. The second kappa shape index (κ2) is 9.83. The number of carbonyl (C=O) groups excluding carboxylic acids is 1. The van der Waals surface area contributed by atoms with Crippen LogP contribution < -0.4 is 5.73 Å². The number of amidine groups is 1. The van der Waals surface area contributed by atoms with Crippen LogP contribution in [-0.2, 0) is 11.2 Å². The molecule has 0 amide bonds. The number of benzene rings is 1. The van der Waals surface area contributed by atoms with Gasteiger partial charge in [0.1, 0.15) is 11.8 Å². The van der Waals surface area contributed by atoms with Crippen LogP contribution in [0.3, 0.4) is 0 Å². The number of ketones is 1. The van der Waals surface area contributed by atoms with Crippen molar-refractivity contribution in [3.63, 3.8) is 0 Å². The Labute approximate surface area is 171 Å². The Morgan fingerprint density at radius 2 is 2.10 bits per heavy atom. The number of nitrogens with two attached hydrogens (primary N) is 1. The van der Waals surface area contributed by atoms with Crippen LogP contribution in [-0.4, -0.2) is 23.9 Å². The molecule has 1 aliphatic carbocycles. The molecule has 6 nitrogen and oxygen atoms in total. The van der Waals surface area contributed by atoms with Crippen LogP contribution in [0.2, 0.25) is 0 Å². The molecule has 0 saturated heterocycles. The summed E-state index contributed by atoms with van der Waals surface area (Å²) in [6.45, 7) is 0. The highest BCUT2D eigenvalue weighted by Crippen LogP contribution is 2.37. The van der Waals surface area contributed by atoms with Crippen LogP contribution in [0.15, 0.2) is 47.6 Å². The Bertz CT molecular complexity index is 909. The summed E-state index contributed by atoms with van der Waals surface area (Å²) in [6, 6.07) is 13.3. The number of nitriles is 1. The van der Waals surface area contributed by atoms with E-state index < -0.39 is 0 Å². The maximum absolute atomic E-state index is 12.6. The van der Waals surface area contributed by atoms with Crippen molar-refractivity contribution in [1.29, 1.82) is 5.26 Å². The standard InChI is InChI=1S/C23H26N4O2/c1-29-23(25)27-22(18-7-3-2-4-8-18)19-9-5-6-16(12-19)13-21(28)20-11-10-17(14-24)15-26-20/h5-6,9-12,15,18,22H,2-4,7-8,13H2,1H3,(H2,25,27). The molecule has 2 N–H and O–H groups in total. The lowest BCUT2D eigenvalue weighted by molar-refractivity contribution is 0.0988. The van der Waals surface area contributed by atoms with Crippen LogP contribution in [0.25, 0.3) is 0 Å². The Kier molecular flexibility index (Phi) is 6.96. The summed E-state index contributed by atoms with van der Waals surface area (Å²) in [4.78, 5) is 21.3. The van der Waals surface area contributed by atoms with Gasteiger partial charge in [0.2, 0.25) is 0 Å². The summed E-state index contributed by atoms with van der Waals surface area (Å²) in [5.74, 6) is 0.337. The van der Waals surface area contributed by atoms with E-state index in [1.54, 1.807) is 12.1 Å². The van der Waals surface area contributed by atoms with E-state index in [1.165, 1.54) is 32.6 Å². The normalized spacial score (nSPS) is 16.1. The van der Waals surface area contributed by atoms with E-state index in [4.69, 9.17) is 15.7 Å². The molecule has 2 aromatic rings. The first-order chi connectivity index (χ1) is 14.1. The van der Waals surface area contributed by atoms with Crippen LogP contribution in [0.1, 0.15) is 65.3 Å². The van der Waals surface area contributed by atoms with Crippen molar-refractivity contribution in [1.82, 2.24) is 4.98 Å². The van der Waals surface area contributed by atoms with Crippen LogP contribution in [0.4, 0.5) is 0 Å². The van der Waals surface area contributed by atoms with Gasteiger partial charge in [0.25, 0.3) is 6.02 Å². The van der Waals surface area contributed by atoms with Crippen LogP contribution in [0, 0.1) is 17.2 Å². The van der Waals surface area contributed by atoms with E-state index in [2.05, 4.69) is 9.98 Å². The zero-order valence-corrected chi connectivity index (χ0v) is 16.7. The lowest BCUT2D eigenvalue weighted by Crippen LogP contribution is -2.21. The third kappa shape index (κ3) is 5.41. The quantitative estimate of drug-likeness (QED) is 0.457. The number of methoxy groups -OCH3 is 1. The molecule has 1 fully saturated rings. The minimum Gasteiger partial charge on any atom is -0.469 e. The van der Waals surface area contributed by atoms with Gasteiger partial charge in [0.15, 0.2) is 5.78 Å². The average molecular weight is 390 g/mol. The van der Waals surface area contributed by atoms with Crippen LogP contribution in [0.5, 0.6) is 0 Å². The van der Waals surface area contributed by atoms with Gasteiger partial charge in [-0.25, -0.2) is 4.99 Å². The van der Waals surface area contributed by atoms with E-state index in [9.17, 15) is 4.79 Å². The smallest absolute Gasteiger partial charge is 0.282 e. The van der Waals surface area contributed by atoms with E-state index >= 15 is 0 Å². The Balaban J connectivity index is 1.81. The molecule has 1 aromatic carbocycles. The number of rotatable bonds is 6. The number of pyridine rings is 1. The summed E-state index contributed by atoms with van der Waals surface area (Å²) < 4.78 is 5.11. The molecule has 150 valence electrons. The highest BCUT2D eigenvalue weighted by Gasteiger charge is 2.25. The second-order valence-corrected chi connectivity index (χ2v) is 7.40. The first-order valence-electron chi connectivity index (χ1n) is 9.96. The molecule has 1 atom stereocenters. The summed E-state index contributed by atoms with van der Waals surface area (Å²) in [5, 5.41) is 8.87. The van der Waals surface area contributed by atoms with Crippen molar-refractivity contribution in [2.75, 3.05) is 7.11 Å². The molecule has 3 rings (SSSR count). The minimum absolute atomic E-state index is 0.0710. The zero-order valence-electron chi connectivity index (χ0n) is 16.7. The number of hydrogen-bond acceptors (Lipinski definition) is 5. The average Bonchev–Trinajstić information content (AvgIpc) is 2.78. The van der Waals surface area contributed by atoms with Crippen molar-refractivity contribution >= 4 is 11.8 Å². The lowest BCUT2D eigenvalue weighted by Gasteiger charge is -2.28. The summed E-state index contributed by atoms with van der Waals surface area (Å²) >= 11 is 0. The topological polar surface area (TPSA) is 101 Å². The molecule has 0 spiro atoms. The van der Waals surface area contributed by atoms with E-state index in [1.807, 2.05) is 30.3 Å². The molecule has 1 heterocycles. The molecular weight excluding hydrogens is 364 g/mol. The number of ether oxygens (including phenoxy) is 1. The number of carbonyl (C=O) groups is 1. The maximum atomic E-state index is 12.6. The van der Waals surface area contributed by atoms with Gasteiger partial charge >= 0.3 is 0 Å². The molecule has 1 aromatic heterocycles. The predicted octanol–water partition coefficient (Wildman–Crippen LogP) is 3.96. The molecular formula is C23H26N4O2. The molecule has 0 radical (unpaired) electrons. The first kappa shape index (κ1) is 20.5. The number of aromatic nitrogens is 1. The van der Waals surface area contributed by atoms with Crippen molar-refractivity contribution < 1.29 is 9.53 Å². The zero-order chi connectivity index (χ0) is 20.6. The fraction of sp³-hybridized carbons (Fsp3) is 0.391. The first-order valence-corrected chi connectivity index (χ1v) is 9.96. The van der Waals surface area contributed by atoms with Gasteiger partial charge in [-0.3, -0.25) is 9.78 Å². The molecule has 29 heavy (non-hydrogen) atoms. The molecule has 0 bridgehead atoms. The molecule has 6 heteroatoms. The van der Waals surface area contributed by atoms with E-state index in [0.29, 0.717) is 17.2 Å². The monoisotopic (exact) mass is 390 g/mol. The lowest BCUT2D eigenvalue weighted by atomic mass is 9.81. The van der Waals surface area contributed by atoms with E-state index in [0.717, 1.165) is 24.0 Å². The fourth-order valence-electron chi connectivity index (χ4n) is 3.88. The van der Waals surface area contributed by atoms with Gasteiger partial charge in [0.05, 0.1) is 18.7 Å². The van der Waals surface area contributed by atoms with Crippen molar-refractivity contribution in [2.45, 2.75) is 44.6 Å². The van der Waals surface area contributed by atoms with Gasteiger partial charge in [0, 0.05) is 12.6 Å². The van der Waals surface area contributed by atoms with Crippen molar-refractivity contribution in [3.8, 4) is 6.07 Å². The third-order valence-corrected chi connectivity index (χ3v) is 5.41. The van der Waals surface area contributed by atoms with Gasteiger partial charge in [-0.05, 0) is 42.0 Å². The second-order valence-electron chi connectivity index (χ2n) is 7.40. The van der Waals surface area contributed by atoms with Crippen molar-refractivity contribution in [3.05, 3.63) is 65.0 Å². The van der Waals surface area contributed by atoms with E-state index in [-0.39, 0.29) is 24.3 Å². The third-order valence-electron chi connectivity index (χ3n) is 5.41.